The third kappa shape index (κ3) is 1.55. The first kappa shape index (κ1) is 8.26. The highest BCUT2D eigenvalue weighted by Crippen LogP contribution is 2.19. The topological polar surface area (TPSA) is 31.6 Å². The first-order valence-electron chi connectivity index (χ1n) is 4.11. The molecule has 0 saturated carbocycles. The second-order valence-electron chi connectivity index (χ2n) is 2.97. The Morgan fingerprint density at radius 3 is 2.62 bits per heavy atom. The molecule has 2 aromatic rings. The molecular formula is C10H10N2S. The van der Waals surface area contributed by atoms with Gasteiger partial charge in [0.25, 0.3) is 0 Å². The van der Waals surface area contributed by atoms with Gasteiger partial charge in [0.05, 0.1) is 5.69 Å². The molecular weight excluding hydrogens is 180 g/mol. The zero-order chi connectivity index (χ0) is 9.26. The first-order valence-corrected chi connectivity index (χ1v) is 4.52. The van der Waals surface area contributed by atoms with Crippen molar-refractivity contribution in [1.82, 2.24) is 9.97 Å². The smallest absolute Gasteiger partial charge is 0.174 e. The number of H-pyrrole nitrogens is 2. The average Bonchev–Trinajstić information content (AvgIpc) is 2.53. The summed E-state index contributed by atoms with van der Waals surface area (Å²) >= 11 is 4.97. The average molecular weight is 190 g/mol. The van der Waals surface area contributed by atoms with Crippen molar-refractivity contribution in [3.8, 4) is 11.3 Å². The van der Waals surface area contributed by atoms with Crippen LogP contribution in [-0.2, 0) is 0 Å². The van der Waals surface area contributed by atoms with Gasteiger partial charge in [0, 0.05) is 11.8 Å². The molecule has 13 heavy (non-hydrogen) atoms. The summed E-state index contributed by atoms with van der Waals surface area (Å²) in [5, 5.41) is 0. The lowest BCUT2D eigenvalue weighted by Crippen LogP contribution is -1.81. The molecule has 1 aromatic heterocycles. The number of hydrogen-bond acceptors (Lipinski definition) is 1. The standard InChI is InChI=1S/C10H10N2S/c1-7-4-2-3-5-8(7)9-6-11-10(13)12-9/h2-6H,1H3,(H2,11,12,13). The zero-order valence-corrected chi connectivity index (χ0v) is 8.11. The van der Waals surface area contributed by atoms with E-state index in [1.54, 1.807) is 0 Å². The minimum atomic E-state index is 0.665. The monoisotopic (exact) mass is 190 g/mol. The Balaban J connectivity index is 2.58. The normalized spacial score (nSPS) is 10.2. The van der Waals surface area contributed by atoms with Crippen LogP contribution in [0.5, 0.6) is 0 Å². The fourth-order valence-corrected chi connectivity index (χ4v) is 1.52. The molecule has 0 aliphatic heterocycles. The van der Waals surface area contributed by atoms with E-state index < -0.39 is 0 Å². The largest absolute Gasteiger partial charge is 0.337 e. The van der Waals surface area contributed by atoms with Crippen molar-refractivity contribution in [1.29, 1.82) is 0 Å². The van der Waals surface area contributed by atoms with Crippen molar-refractivity contribution in [3.63, 3.8) is 0 Å². The molecule has 0 amide bonds. The third-order valence-electron chi connectivity index (χ3n) is 2.03. The molecule has 2 nitrogen and oxygen atoms in total. The predicted molar refractivity (Wildman–Crippen MR) is 56.2 cm³/mol. The van der Waals surface area contributed by atoms with Crippen molar-refractivity contribution < 1.29 is 0 Å². The molecule has 3 heteroatoms. The van der Waals surface area contributed by atoms with Gasteiger partial charge in [-0.15, -0.1) is 0 Å². The fraction of sp³-hybridized carbons (Fsp3) is 0.100. The van der Waals surface area contributed by atoms with Gasteiger partial charge in [0.1, 0.15) is 0 Å². The Labute approximate surface area is 81.6 Å². The van der Waals surface area contributed by atoms with E-state index in [-0.39, 0.29) is 0 Å². The number of aromatic nitrogens is 2. The second-order valence-corrected chi connectivity index (χ2v) is 3.38. The summed E-state index contributed by atoms with van der Waals surface area (Å²) in [6.45, 7) is 2.08. The van der Waals surface area contributed by atoms with Gasteiger partial charge >= 0.3 is 0 Å². The van der Waals surface area contributed by atoms with Gasteiger partial charge in [-0.05, 0) is 24.7 Å². The number of hydrogen-bond donors (Lipinski definition) is 2. The molecule has 2 N–H and O–H groups in total. The van der Waals surface area contributed by atoms with Crippen LogP contribution in [0, 0.1) is 11.7 Å². The molecule has 0 saturated heterocycles. The van der Waals surface area contributed by atoms with Crippen molar-refractivity contribution in [2.45, 2.75) is 6.92 Å². The SMILES string of the molecule is Cc1ccccc1-c1c[nH]c(=S)[nH]1. The summed E-state index contributed by atoms with van der Waals surface area (Å²) < 4.78 is 0.665. The maximum absolute atomic E-state index is 4.97. The van der Waals surface area contributed by atoms with E-state index in [2.05, 4.69) is 29.0 Å². The molecule has 0 aliphatic rings. The lowest BCUT2D eigenvalue weighted by atomic mass is 10.1. The number of nitrogens with one attached hydrogen (secondary N) is 2. The number of rotatable bonds is 1. The lowest BCUT2D eigenvalue weighted by Gasteiger charge is -2.00. The minimum absolute atomic E-state index is 0.665. The van der Waals surface area contributed by atoms with Crippen LogP contribution in [0.4, 0.5) is 0 Å². The predicted octanol–water partition coefficient (Wildman–Crippen LogP) is 3.05. The van der Waals surface area contributed by atoms with Crippen LogP contribution in [0.3, 0.4) is 0 Å². The van der Waals surface area contributed by atoms with Crippen LogP contribution in [0.25, 0.3) is 11.3 Å². The van der Waals surface area contributed by atoms with Gasteiger partial charge < -0.3 is 9.97 Å². The molecule has 66 valence electrons. The molecule has 0 radical (unpaired) electrons. The van der Waals surface area contributed by atoms with Gasteiger partial charge in [0.15, 0.2) is 4.77 Å². The van der Waals surface area contributed by atoms with Crippen LogP contribution in [0.1, 0.15) is 5.56 Å². The van der Waals surface area contributed by atoms with E-state index >= 15 is 0 Å². The fourth-order valence-electron chi connectivity index (χ4n) is 1.35. The van der Waals surface area contributed by atoms with E-state index in [9.17, 15) is 0 Å². The number of aryl methyl sites for hydroxylation is 1. The first-order chi connectivity index (χ1) is 6.27. The molecule has 0 fully saturated rings. The van der Waals surface area contributed by atoms with E-state index in [1.165, 1.54) is 11.1 Å². The number of imidazole rings is 1. The van der Waals surface area contributed by atoms with Crippen LogP contribution < -0.4 is 0 Å². The molecule has 0 bridgehead atoms. The lowest BCUT2D eigenvalue weighted by molar-refractivity contribution is 1.27. The van der Waals surface area contributed by atoms with E-state index in [0.29, 0.717) is 4.77 Å². The molecule has 2 rings (SSSR count). The maximum Gasteiger partial charge on any atom is 0.174 e. The van der Waals surface area contributed by atoms with Crippen LogP contribution in [-0.4, -0.2) is 9.97 Å². The highest BCUT2D eigenvalue weighted by molar-refractivity contribution is 7.71. The summed E-state index contributed by atoms with van der Waals surface area (Å²) in [6.07, 6.45) is 1.89. The van der Waals surface area contributed by atoms with Crippen molar-refractivity contribution in [3.05, 3.63) is 40.8 Å². The third-order valence-corrected chi connectivity index (χ3v) is 2.25. The Morgan fingerprint density at radius 1 is 1.23 bits per heavy atom. The zero-order valence-electron chi connectivity index (χ0n) is 7.29. The summed E-state index contributed by atoms with van der Waals surface area (Å²) in [5.74, 6) is 0. The maximum atomic E-state index is 4.97. The molecule has 0 unspecified atom stereocenters. The highest BCUT2D eigenvalue weighted by Gasteiger charge is 2.00. The van der Waals surface area contributed by atoms with E-state index in [4.69, 9.17) is 12.2 Å². The molecule has 0 spiro atoms. The Bertz CT molecular complexity index is 468. The van der Waals surface area contributed by atoms with Crippen LogP contribution in [0.15, 0.2) is 30.5 Å². The summed E-state index contributed by atoms with van der Waals surface area (Å²) in [5.41, 5.74) is 3.48. The van der Waals surface area contributed by atoms with Crippen molar-refractivity contribution >= 4 is 12.2 Å². The summed E-state index contributed by atoms with van der Waals surface area (Å²) in [4.78, 5) is 6.05. The molecule has 1 aromatic carbocycles. The number of benzene rings is 1. The van der Waals surface area contributed by atoms with Crippen molar-refractivity contribution in [2.75, 3.05) is 0 Å². The van der Waals surface area contributed by atoms with E-state index in [0.717, 1.165) is 5.69 Å². The minimum Gasteiger partial charge on any atom is -0.337 e. The Morgan fingerprint density at radius 2 is 2.00 bits per heavy atom. The quantitative estimate of drug-likeness (QED) is 0.665. The highest BCUT2D eigenvalue weighted by atomic mass is 32.1. The molecule has 1 heterocycles. The van der Waals surface area contributed by atoms with Crippen molar-refractivity contribution in [2.24, 2.45) is 0 Å². The number of aromatic amines is 2. The van der Waals surface area contributed by atoms with Crippen LogP contribution >= 0.6 is 12.2 Å². The van der Waals surface area contributed by atoms with Gasteiger partial charge in [-0.25, -0.2) is 0 Å². The van der Waals surface area contributed by atoms with Gasteiger partial charge in [0.2, 0.25) is 0 Å². The Kier molecular flexibility index (Phi) is 2.02. The summed E-state index contributed by atoms with van der Waals surface area (Å²) in [7, 11) is 0. The van der Waals surface area contributed by atoms with Gasteiger partial charge in [-0.3, -0.25) is 0 Å². The second kappa shape index (κ2) is 3.18. The van der Waals surface area contributed by atoms with Gasteiger partial charge in [-0.2, -0.15) is 0 Å². The molecule has 0 atom stereocenters. The Hall–Kier alpha value is -1.35. The van der Waals surface area contributed by atoms with Gasteiger partial charge in [-0.1, -0.05) is 24.3 Å². The van der Waals surface area contributed by atoms with E-state index in [1.807, 2.05) is 18.3 Å². The summed E-state index contributed by atoms with van der Waals surface area (Å²) in [6, 6.07) is 8.20. The van der Waals surface area contributed by atoms with Crippen LogP contribution in [0.2, 0.25) is 0 Å². The molecule has 0 aliphatic carbocycles.